The number of anilines is 1. The minimum atomic E-state index is 0.0522. The Bertz CT molecular complexity index is 643. The molecule has 2 aromatic rings. The first kappa shape index (κ1) is 12.2. The van der Waals surface area contributed by atoms with Gasteiger partial charge >= 0.3 is 0 Å². The monoisotopic (exact) mass is 275 g/mol. The number of nitrogen functional groups attached to an aromatic ring is 1. The van der Waals surface area contributed by atoms with Crippen molar-refractivity contribution in [2.45, 2.75) is 25.7 Å². The van der Waals surface area contributed by atoms with Crippen molar-refractivity contribution in [1.82, 2.24) is 9.97 Å². The molecule has 0 radical (unpaired) electrons. The van der Waals surface area contributed by atoms with Crippen LogP contribution in [0.3, 0.4) is 0 Å². The Hall–Kier alpha value is -1.81. The van der Waals surface area contributed by atoms with Crippen LogP contribution in [0.25, 0.3) is 11.4 Å². The number of hydrogen-bond donors (Lipinski definition) is 2. The second-order valence-corrected chi connectivity index (χ2v) is 5.14. The van der Waals surface area contributed by atoms with Gasteiger partial charge in [-0.1, -0.05) is 11.6 Å². The summed E-state index contributed by atoms with van der Waals surface area (Å²) in [6, 6.07) is 4.93. The van der Waals surface area contributed by atoms with Crippen LogP contribution in [-0.2, 0) is 12.8 Å². The molecule has 4 nitrogen and oxygen atoms in total. The number of phenolic OH excluding ortho intramolecular Hbond substituents is 1. The molecule has 0 unspecified atom stereocenters. The van der Waals surface area contributed by atoms with Gasteiger partial charge in [0.2, 0.25) is 0 Å². The first-order valence-electron chi connectivity index (χ1n) is 6.29. The van der Waals surface area contributed by atoms with Gasteiger partial charge in [-0.2, -0.15) is 0 Å². The van der Waals surface area contributed by atoms with E-state index in [0.29, 0.717) is 11.6 Å². The van der Waals surface area contributed by atoms with Crippen LogP contribution in [0.15, 0.2) is 18.2 Å². The van der Waals surface area contributed by atoms with Crippen molar-refractivity contribution < 1.29 is 5.11 Å². The molecular weight excluding hydrogens is 262 g/mol. The number of hydrogen-bond acceptors (Lipinski definition) is 4. The zero-order valence-corrected chi connectivity index (χ0v) is 11.1. The normalized spacial score (nSPS) is 14.2. The minimum Gasteiger partial charge on any atom is -0.506 e. The largest absolute Gasteiger partial charge is 0.506 e. The zero-order valence-electron chi connectivity index (χ0n) is 10.4. The summed E-state index contributed by atoms with van der Waals surface area (Å²) in [7, 11) is 0. The molecule has 98 valence electrons. The summed E-state index contributed by atoms with van der Waals surface area (Å²) in [6.45, 7) is 0. The van der Waals surface area contributed by atoms with Crippen LogP contribution in [0.4, 0.5) is 5.82 Å². The van der Waals surface area contributed by atoms with E-state index < -0.39 is 0 Å². The van der Waals surface area contributed by atoms with Crippen LogP contribution in [0.2, 0.25) is 5.02 Å². The van der Waals surface area contributed by atoms with Crippen LogP contribution in [0.5, 0.6) is 5.75 Å². The fourth-order valence-electron chi connectivity index (χ4n) is 2.40. The first-order valence-corrected chi connectivity index (χ1v) is 6.67. The van der Waals surface area contributed by atoms with E-state index in [1.807, 2.05) is 0 Å². The van der Waals surface area contributed by atoms with Crippen LogP contribution in [-0.4, -0.2) is 15.1 Å². The standard InChI is InChI=1S/C14H14ClN3O/c15-10-7-8(5-6-12(10)19)14-17-11-4-2-1-3-9(11)13(16)18-14/h5-7,19H,1-4H2,(H2,16,17,18). The molecule has 0 atom stereocenters. The lowest BCUT2D eigenvalue weighted by Crippen LogP contribution is -2.11. The Morgan fingerprint density at radius 1 is 1.16 bits per heavy atom. The number of aromatic hydroxyl groups is 1. The van der Waals surface area contributed by atoms with Gasteiger partial charge in [-0.25, -0.2) is 9.97 Å². The van der Waals surface area contributed by atoms with Gasteiger partial charge < -0.3 is 10.8 Å². The highest BCUT2D eigenvalue weighted by Crippen LogP contribution is 2.30. The number of benzene rings is 1. The quantitative estimate of drug-likeness (QED) is 0.839. The van der Waals surface area contributed by atoms with E-state index in [9.17, 15) is 5.11 Å². The molecule has 1 aliphatic rings. The highest BCUT2D eigenvalue weighted by atomic mass is 35.5. The van der Waals surface area contributed by atoms with Gasteiger partial charge in [-0.3, -0.25) is 0 Å². The van der Waals surface area contributed by atoms with Gasteiger partial charge in [-0.05, 0) is 43.9 Å². The first-order chi connectivity index (χ1) is 9.15. The van der Waals surface area contributed by atoms with Crippen LogP contribution >= 0.6 is 11.6 Å². The molecule has 0 amide bonds. The predicted octanol–water partition coefficient (Wildman–Crippen LogP) is 2.96. The third-order valence-corrected chi connectivity index (χ3v) is 3.72. The number of fused-ring (bicyclic) bond motifs is 1. The van der Waals surface area contributed by atoms with Gasteiger partial charge in [0.15, 0.2) is 5.82 Å². The van der Waals surface area contributed by atoms with Crippen LogP contribution in [0.1, 0.15) is 24.1 Å². The van der Waals surface area contributed by atoms with Crippen molar-refractivity contribution in [3.05, 3.63) is 34.5 Å². The van der Waals surface area contributed by atoms with Crippen molar-refractivity contribution >= 4 is 17.4 Å². The molecular formula is C14H14ClN3O. The molecule has 3 N–H and O–H groups in total. The number of halogens is 1. The molecule has 1 heterocycles. The minimum absolute atomic E-state index is 0.0522. The molecule has 5 heteroatoms. The van der Waals surface area contributed by atoms with E-state index in [-0.39, 0.29) is 10.8 Å². The Morgan fingerprint density at radius 3 is 2.74 bits per heavy atom. The number of aryl methyl sites for hydroxylation is 1. The van der Waals surface area contributed by atoms with Gasteiger partial charge in [0.05, 0.1) is 5.02 Å². The predicted molar refractivity (Wildman–Crippen MR) is 75.2 cm³/mol. The fourth-order valence-corrected chi connectivity index (χ4v) is 2.58. The number of nitrogens with two attached hydrogens (primary N) is 1. The Kier molecular flexibility index (Phi) is 3.03. The molecule has 1 aliphatic carbocycles. The van der Waals surface area contributed by atoms with E-state index >= 15 is 0 Å². The number of rotatable bonds is 1. The van der Waals surface area contributed by atoms with Crippen LogP contribution < -0.4 is 5.73 Å². The van der Waals surface area contributed by atoms with E-state index in [0.717, 1.165) is 42.5 Å². The lowest BCUT2D eigenvalue weighted by molar-refractivity contribution is 0.475. The second kappa shape index (κ2) is 4.70. The van der Waals surface area contributed by atoms with E-state index in [1.165, 1.54) is 6.07 Å². The maximum Gasteiger partial charge on any atom is 0.161 e. The van der Waals surface area contributed by atoms with Crippen molar-refractivity contribution in [3.8, 4) is 17.1 Å². The molecule has 19 heavy (non-hydrogen) atoms. The third-order valence-electron chi connectivity index (χ3n) is 3.42. The van der Waals surface area contributed by atoms with Crippen molar-refractivity contribution in [3.63, 3.8) is 0 Å². The lowest BCUT2D eigenvalue weighted by atomic mass is 9.96. The van der Waals surface area contributed by atoms with E-state index in [2.05, 4.69) is 9.97 Å². The molecule has 1 aromatic carbocycles. The third kappa shape index (κ3) is 2.24. The number of nitrogens with zero attached hydrogens (tertiary/aromatic N) is 2. The molecule has 3 rings (SSSR count). The summed E-state index contributed by atoms with van der Waals surface area (Å²) in [5.41, 5.74) is 8.90. The summed E-state index contributed by atoms with van der Waals surface area (Å²) in [6.07, 6.45) is 4.18. The fraction of sp³-hybridized carbons (Fsp3) is 0.286. The molecule has 0 spiro atoms. The van der Waals surface area contributed by atoms with Crippen molar-refractivity contribution in [2.24, 2.45) is 0 Å². The summed E-state index contributed by atoms with van der Waals surface area (Å²) in [5.74, 6) is 1.18. The maximum absolute atomic E-state index is 9.44. The summed E-state index contributed by atoms with van der Waals surface area (Å²) >= 11 is 5.91. The van der Waals surface area contributed by atoms with Gasteiger partial charge in [0, 0.05) is 16.8 Å². The lowest BCUT2D eigenvalue weighted by Gasteiger charge is -2.17. The number of aromatic nitrogens is 2. The van der Waals surface area contributed by atoms with E-state index in [4.69, 9.17) is 17.3 Å². The van der Waals surface area contributed by atoms with E-state index in [1.54, 1.807) is 12.1 Å². The summed E-state index contributed by atoms with van der Waals surface area (Å²) < 4.78 is 0. The van der Waals surface area contributed by atoms with Crippen LogP contribution in [0, 0.1) is 0 Å². The highest BCUT2D eigenvalue weighted by Gasteiger charge is 2.17. The smallest absolute Gasteiger partial charge is 0.161 e. The average molecular weight is 276 g/mol. The molecule has 0 bridgehead atoms. The SMILES string of the molecule is Nc1nc(-c2ccc(O)c(Cl)c2)nc2c1CCCC2. The number of phenols is 1. The van der Waals surface area contributed by atoms with Gasteiger partial charge in [0.25, 0.3) is 0 Å². The Labute approximate surface area is 116 Å². The van der Waals surface area contributed by atoms with Crippen molar-refractivity contribution in [1.29, 1.82) is 0 Å². The molecule has 0 saturated carbocycles. The molecule has 0 aliphatic heterocycles. The highest BCUT2D eigenvalue weighted by molar-refractivity contribution is 6.32. The zero-order chi connectivity index (χ0) is 13.4. The summed E-state index contributed by atoms with van der Waals surface area (Å²) in [5, 5.41) is 9.73. The van der Waals surface area contributed by atoms with Crippen molar-refractivity contribution in [2.75, 3.05) is 5.73 Å². The average Bonchev–Trinajstić information content (AvgIpc) is 2.42. The van der Waals surface area contributed by atoms with Gasteiger partial charge in [0.1, 0.15) is 11.6 Å². The molecule has 0 fully saturated rings. The van der Waals surface area contributed by atoms with Gasteiger partial charge in [-0.15, -0.1) is 0 Å². The summed E-state index contributed by atoms with van der Waals surface area (Å²) in [4.78, 5) is 8.94. The Morgan fingerprint density at radius 2 is 1.95 bits per heavy atom. The second-order valence-electron chi connectivity index (χ2n) is 4.73. The Balaban J connectivity index is 2.10. The maximum atomic E-state index is 9.44. The molecule has 1 aromatic heterocycles. The molecule has 0 saturated heterocycles. The topological polar surface area (TPSA) is 72.0 Å².